The zero-order valence-corrected chi connectivity index (χ0v) is 22.3. The Morgan fingerprint density at radius 2 is 1.66 bits per heavy atom. The van der Waals surface area contributed by atoms with Crippen LogP contribution in [0.1, 0.15) is 34.8 Å². The number of hydrogen-bond acceptors (Lipinski definition) is 6. The van der Waals surface area contributed by atoms with E-state index in [1.807, 2.05) is 42.5 Å². The molecule has 0 spiro atoms. The molecule has 1 amide bonds. The van der Waals surface area contributed by atoms with Gasteiger partial charge in [-0.25, -0.2) is 0 Å². The third-order valence-electron chi connectivity index (χ3n) is 7.44. The first-order chi connectivity index (χ1) is 17.7. The molecule has 38 heavy (non-hydrogen) atoms. The molecule has 1 saturated heterocycles. The number of amidine groups is 1. The van der Waals surface area contributed by atoms with Gasteiger partial charge in [-0.1, -0.05) is 54.6 Å². The normalized spacial score (nSPS) is 20.7. The topological polar surface area (TPSA) is 140 Å². The number of ketones is 1. The van der Waals surface area contributed by atoms with Crippen LogP contribution in [0, 0.1) is 16.7 Å². The molecule has 1 aliphatic heterocycles. The van der Waals surface area contributed by atoms with E-state index in [0.29, 0.717) is 24.1 Å². The molecule has 3 aromatic rings. The van der Waals surface area contributed by atoms with Gasteiger partial charge in [-0.15, -0.1) is 12.4 Å². The Kier molecular flexibility index (Phi) is 8.91. The first kappa shape index (κ1) is 28.8. The van der Waals surface area contributed by atoms with E-state index in [9.17, 15) is 14.4 Å². The number of hydrogen-bond donors (Lipinski definition) is 3. The minimum atomic E-state index is -1.56. The second kappa shape index (κ2) is 11.8. The lowest BCUT2D eigenvalue weighted by Gasteiger charge is -2.28. The number of nitrogens with one attached hydrogen (secondary N) is 1. The smallest absolute Gasteiger partial charge is 0.321 e. The Balaban J connectivity index is 0.00000400. The maximum Gasteiger partial charge on any atom is 0.321 e. The van der Waals surface area contributed by atoms with Crippen molar-refractivity contribution in [3.63, 3.8) is 0 Å². The molecular formula is C29H33ClN4O4. The van der Waals surface area contributed by atoms with Crippen LogP contribution in [-0.4, -0.2) is 54.6 Å². The Labute approximate surface area is 228 Å². The summed E-state index contributed by atoms with van der Waals surface area (Å²) in [5, 5.41) is 9.36. The molecule has 8 nitrogen and oxygen atoms in total. The van der Waals surface area contributed by atoms with Crippen LogP contribution in [0.4, 0.5) is 0 Å². The average molecular weight is 537 g/mol. The van der Waals surface area contributed by atoms with Crippen LogP contribution in [0.5, 0.6) is 0 Å². The van der Waals surface area contributed by atoms with E-state index in [-0.39, 0.29) is 30.6 Å². The first-order valence-corrected chi connectivity index (χ1v) is 12.3. The van der Waals surface area contributed by atoms with Crippen LogP contribution < -0.4 is 11.5 Å². The summed E-state index contributed by atoms with van der Waals surface area (Å²) in [6.07, 6.45) is 1.34. The van der Waals surface area contributed by atoms with E-state index in [1.165, 1.54) is 18.9 Å². The molecule has 0 aromatic heterocycles. The van der Waals surface area contributed by atoms with Crippen molar-refractivity contribution >= 4 is 46.7 Å². The average Bonchev–Trinajstić information content (AvgIpc) is 3.14. The molecule has 0 bridgehead atoms. The number of likely N-dealkylation sites (tertiary alicyclic amines) is 1. The van der Waals surface area contributed by atoms with Crippen molar-refractivity contribution in [3.05, 3.63) is 83.4 Å². The highest BCUT2D eigenvalue weighted by atomic mass is 35.5. The van der Waals surface area contributed by atoms with Crippen LogP contribution >= 0.6 is 12.4 Å². The number of rotatable bonds is 9. The fraction of sp³-hybridized carbons (Fsp3) is 0.310. The van der Waals surface area contributed by atoms with Gasteiger partial charge in [0.05, 0.1) is 7.11 Å². The summed E-state index contributed by atoms with van der Waals surface area (Å²) in [5.41, 5.74) is 12.3. The lowest BCUT2D eigenvalue weighted by atomic mass is 9.75. The monoisotopic (exact) mass is 536 g/mol. The van der Waals surface area contributed by atoms with Gasteiger partial charge in [0, 0.05) is 23.6 Å². The maximum atomic E-state index is 14.0. The van der Waals surface area contributed by atoms with Gasteiger partial charge < -0.3 is 21.1 Å². The van der Waals surface area contributed by atoms with E-state index in [1.54, 1.807) is 24.3 Å². The summed E-state index contributed by atoms with van der Waals surface area (Å²) < 4.78 is 5.00. The zero-order valence-electron chi connectivity index (χ0n) is 21.5. The molecule has 3 atom stereocenters. The SMILES string of the molecule is COC(=O)[C@]1(C)C(=O)N(CCCc2ccccc2)[C@H](C(=O)c2ccc3ccc(C(=N)N)cc3c2)C1CN.Cl. The molecule has 3 aromatic carbocycles. The van der Waals surface area contributed by atoms with Crippen molar-refractivity contribution in [3.8, 4) is 0 Å². The number of benzene rings is 3. The molecule has 1 unspecified atom stereocenters. The number of nitrogens with zero attached hydrogens (tertiary/aromatic N) is 1. The van der Waals surface area contributed by atoms with Crippen LogP contribution in [0.25, 0.3) is 10.8 Å². The highest BCUT2D eigenvalue weighted by Gasteiger charge is 2.62. The minimum absolute atomic E-state index is 0. The fourth-order valence-corrected chi connectivity index (χ4v) is 5.33. The Hall–Kier alpha value is -3.75. The molecule has 0 radical (unpaired) electrons. The molecule has 1 aliphatic rings. The van der Waals surface area contributed by atoms with Crippen LogP contribution in [0.3, 0.4) is 0 Å². The Bertz CT molecular complexity index is 1360. The van der Waals surface area contributed by atoms with Crippen LogP contribution in [0.2, 0.25) is 0 Å². The van der Waals surface area contributed by atoms with Crippen molar-refractivity contribution in [1.29, 1.82) is 5.41 Å². The number of esters is 1. The second-order valence-corrected chi connectivity index (χ2v) is 9.62. The number of halogens is 1. The number of nitrogen functional groups attached to an aromatic ring is 1. The highest BCUT2D eigenvalue weighted by Crippen LogP contribution is 2.43. The number of fused-ring (bicyclic) bond motifs is 1. The zero-order chi connectivity index (χ0) is 26.7. The lowest BCUT2D eigenvalue weighted by Crippen LogP contribution is -2.45. The molecule has 1 fully saturated rings. The van der Waals surface area contributed by atoms with Gasteiger partial charge in [-0.05, 0) is 54.8 Å². The standard InChI is InChI=1S/C29H32N4O4.ClH/c1-29(28(36)37-2)23(17-30)24(33(27(29)35)14-6-9-18-7-4-3-5-8-18)25(34)20-12-10-19-11-13-21(26(31)32)16-22(19)15-20;/h3-5,7-8,10-13,15-16,23-24H,6,9,14,17,30H2,1-2H3,(H3,31,32);1H/t23?,24-,29-;/m0./s1. The predicted octanol–water partition coefficient (Wildman–Crippen LogP) is 3.33. The molecule has 5 N–H and O–H groups in total. The number of aryl methyl sites for hydroxylation is 1. The summed E-state index contributed by atoms with van der Waals surface area (Å²) >= 11 is 0. The van der Waals surface area contributed by atoms with Crippen molar-refractivity contribution < 1.29 is 19.1 Å². The lowest BCUT2D eigenvalue weighted by molar-refractivity contribution is -0.159. The van der Waals surface area contributed by atoms with Crippen molar-refractivity contribution in [2.75, 3.05) is 20.2 Å². The molecule has 0 aliphatic carbocycles. The quantitative estimate of drug-likeness (QED) is 0.126. The van der Waals surface area contributed by atoms with Gasteiger partial charge in [0.1, 0.15) is 17.3 Å². The number of Topliss-reactive ketones (excluding diaryl/α,β-unsaturated/α-hetero) is 1. The molecular weight excluding hydrogens is 504 g/mol. The van der Waals surface area contributed by atoms with Crippen LogP contribution in [-0.2, 0) is 20.7 Å². The minimum Gasteiger partial charge on any atom is -0.468 e. The van der Waals surface area contributed by atoms with Crippen LogP contribution in [0.15, 0.2) is 66.7 Å². The Morgan fingerprint density at radius 3 is 2.26 bits per heavy atom. The summed E-state index contributed by atoms with van der Waals surface area (Å²) in [5.74, 6) is -2.24. The third kappa shape index (κ3) is 5.14. The van der Waals surface area contributed by atoms with Gasteiger partial charge in [-0.2, -0.15) is 0 Å². The van der Waals surface area contributed by atoms with E-state index in [4.69, 9.17) is 21.6 Å². The van der Waals surface area contributed by atoms with Gasteiger partial charge in [0.2, 0.25) is 5.91 Å². The summed E-state index contributed by atoms with van der Waals surface area (Å²) in [4.78, 5) is 42.1. The largest absolute Gasteiger partial charge is 0.468 e. The number of carbonyl (C=O) groups is 3. The number of ether oxygens (including phenoxy) is 1. The molecule has 4 rings (SSSR count). The van der Waals surface area contributed by atoms with E-state index in [0.717, 1.165) is 22.8 Å². The molecule has 200 valence electrons. The second-order valence-electron chi connectivity index (χ2n) is 9.62. The van der Waals surface area contributed by atoms with Gasteiger partial charge >= 0.3 is 5.97 Å². The molecule has 9 heteroatoms. The summed E-state index contributed by atoms with van der Waals surface area (Å²) in [7, 11) is 1.24. The van der Waals surface area contributed by atoms with E-state index >= 15 is 0 Å². The number of carbonyl (C=O) groups excluding carboxylic acids is 3. The van der Waals surface area contributed by atoms with E-state index in [2.05, 4.69) is 0 Å². The first-order valence-electron chi connectivity index (χ1n) is 12.3. The summed E-state index contributed by atoms with van der Waals surface area (Å²) in [6, 6.07) is 19.6. The molecule has 0 saturated carbocycles. The predicted molar refractivity (Wildman–Crippen MR) is 149 cm³/mol. The van der Waals surface area contributed by atoms with Crippen molar-refractivity contribution in [2.24, 2.45) is 22.8 Å². The number of amides is 1. The number of nitrogens with two attached hydrogens (primary N) is 2. The summed E-state index contributed by atoms with van der Waals surface area (Å²) in [6.45, 7) is 1.79. The van der Waals surface area contributed by atoms with Gasteiger partial charge in [-0.3, -0.25) is 19.8 Å². The highest BCUT2D eigenvalue weighted by molar-refractivity contribution is 6.12. The number of methoxy groups -OCH3 is 1. The third-order valence-corrected chi connectivity index (χ3v) is 7.44. The fourth-order valence-electron chi connectivity index (χ4n) is 5.33. The maximum absolute atomic E-state index is 14.0. The van der Waals surface area contributed by atoms with E-state index < -0.39 is 29.3 Å². The van der Waals surface area contributed by atoms with Gasteiger partial charge in [0.25, 0.3) is 0 Å². The Morgan fingerprint density at radius 1 is 1.03 bits per heavy atom. The van der Waals surface area contributed by atoms with Gasteiger partial charge in [0.15, 0.2) is 5.78 Å². The molecule has 1 heterocycles. The van der Waals surface area contributed by atoms with Crippen molar-refractivity contribution in [1.82, 2.24) is 4.90 Å². The van der Waals surface area contributed by atoms with Crippen molar-refractivity contribution in [2.45, 2.75) is 25.8 Å².